The number of thiazole rings is 1. The first-order chi connectivity index (χ1) is 14.0. The van der Waals surface area contributed by atoms with Gasteiger partial charge < -0.3 is 15.2 Å². The number of aromatic nitrogens is 1. The first kappa shape index (κ1) is 20.3. The number of benzene rings is 2. The minimum atomic E-state index is -0.353. The van der Waals surface area contributed by atoms with Gasteiger partial charge in [0.2, 0.25) is 11.0 Å². The molecule has 0 spiro atoms. The highest BCUT2D eigenvalue weighted by Crippen LogP contribution is 2.36. The third kappa shape index (κ3) is 5.29. The Morgan fingerprint density at radius 1 is 1.31 bits per heavy atom. The molecule has 0 aliphatic carbocycles. The van der Waals surface area contributed by atoms with Crippen molar-refractivity contribution >= 4 is 33.6 Å². The second-order valence-electron chi connectivity index (χ2n) is 5.92. The lowest BCUT2D eigenvalue weighted by molar-refractivity contribution is -0.114. The van der Waals surface area contributed by atoms with Crippen molar-refractivity contribution in [1.29, 1.82) is 0 Å². The molecule has 0 saturated carbocycles. The monoisotopic (exact) mass is 414 g/mol. The maximum atomic E-state index is 13.2. The second-order valence-corrected chi connectivity index (χ2v) is 6.91. The van der Waals surface area contributed by atoms with E-state index in [1.54, 1.807) is 30.5 Å². The van der Waals surface area contributed by atoms with Crippen LogP contribution in [0, 0.1) is 5.82 Å². The minimum absolute atomic E-state index is 0.0563. The normalized spacial score (nSPS) is 10.9. The number of phenols is 1. The molecular weight excluding hydrogens is 395 g/mol. The summed E-state index contributed by atoms with van der Waals surface area (Å²) in [6.07, 6.45) is 1.55. The van der Waals surface area contributed by atoms with Crippen LogP contribution < -0.4 is 15.5 Å². The van der Waals surface area contributed by atoms with Gasteiger partial charge in [-0.2, -0.15) is 5.10 Å². The van der Waals surface area contributed by atoms with Crippen molar-refractivity contribution in [3.05, 3.63) is 53.8 Å². The molecule has 3 aromatic rings. The van der Waals surface area contributed by atoms with Gasteiger partial charge in [0.15, 0.2) is 11.5 Å². The number of anilines is 2. The molecule has 1 heterocycles. The highest BCUT2D eigenvalue weighted by Gasteiger charge is 2.14. The zero-order chi connectivity index (χ0) is 20.8. The Bertz CT molecular complexity index is 1030. The first-order valence-electron chi connectivity index (χ1n) is 8.75. The van der Waals surface area contributed by atoms with Gasteiger partial charge in [-0.15, -0.1) is 0 Å². The van der Waals surface area contributed by atoms with Crippen LogP contribution in [0.1, 0.15) is 19.4 Å². The van der Waals surface area contributed by atoms with E-state index in [9.17, 15) is 14.3 Å². The maximum absolute atomic E-state index is 13.2. The van der Waals surface area contributed by atoms with Gasteiger partial charge in [-0.1, -0.05) is 11.3 Å². The summed E-state index contributed by atoms with van der Waals surface area (Å²) in [5.41, 5.74) is 4.73. The number of hydrazone groups is 1. The third-order valence-corrected chi connectivity index (χ3v) is 4.57. The second kappa shape index (κ2) is 9.16. The molecule has 150 valence electrons. The Hall–Kier alpha value is -3.46. The molecule has 0 atom stereocenters. The number of halogens is 1. The molecule has 0 saturated heterocycles. The molecule has 0 aliphatic heterocycles. The third-order valence-electron chi connectivity index (χ3n) is 3.69. The van der Waals surface area contributed by atoms with E-state index in [2.05, 4.69) is 20.8 Å². The van der Waals surface area contributed by atoms with Crippen molar-refractivity contribution in [1.82, 2.24) is 4.98 Å². The van der Waals surface area contributed by atoms with E-state index in [0.717, 1.165) is 5.56 Å². The fourth-order valence-corrected chi connectivity index (χ4v) is 3.34. The standard InChI is InChI=1S/C20H19FN4O3S/c1-3-28-17-10-13(4-9-16(17)27)11-22-25-20-24-18(19(29-20)23-12(2)26)14-5-7-15(21)8-6-14/h4-11,27H,3H2,1-2H3,(H,23,26)(H,24,25). The summed E-state index contributed by atoms with van der Waals surface area (Å²) in [5, 5.41) is 17.6. The fourth-order valence-electron chi connectivity index (χ4n) is 2.46. The number of carbonyl (C=O) groups is 1. The molecular formula is C20H19FN4O3S. The van der Waals surface area contributed by atoms with Gasteiger partial charge in [-0.05, 0) is 55.0 Å². The van der Waals surface area contributed by atoms with E-state index in [4.69, 9.17) is 4.74 Å². The summed E-state index contributed by atoms with van der Waals surface area (Å²) in [6.45, 7) is 3.67. The van der Waals surface area contributed by atoms with Crippen LogP contribution in [0.4, 0.5) is 14.5 Å². The molecule has 0 bridgehead atoms. The number of carbonyl (C=O) groups excluding carboxylic acids is 1. The molecule has 0 unspecified atom stereocenters. The lowest BCUT2D eigenvalue weighted by atomic mass is 10.1. The number of ether oxygens (including phenoxy) is 1. The average Bonchev–Trinajstić information content (AvgIpc) is 3.07. The van der Waals surface area contributed by atoms with Crippen molar-refractivity contribution in [2.24, 2.45) is 5.10 Å². The molecule has 2 aromatic carbocycles. The molecule has 3 N–H and O–H groups in total. The van der Waals surface area contributed by atoms with Gasteiger partial charge in [-0.25, -0.2) is 9.37 Å². The van der Waals surface area contributed by atoms with Crippen LogP contribution in [0.15, 0.2) is 47.6 Å². The van der Waals surface area contributed by atoms with E-state index in [-0.39, 0.29) is 17.5 Å². The molecule has 3 rings (SSSR count). The van der Waals surface area contributed by atoms with Gasteiger partial charge in [0.25, 0.3) is 0 Å². The molecule has 9 heteroatoms. The molecule has 0 aliphatic rings. The topological polar surface area (TPSA) is 95.8 Å². The van der Waals surface area contributed by atoms with Crippen molar-refractivity contribution in [3.8, 4) is 22.8 Å². The summed E-state index contributed by atoms with van der Waals surface area (Å²) in [6, 6.07) is 10.7. The molecule has 1 aromatic heterocycles. The van der Waals surface area contributed by atoms with E-state index in [1.165, 1.54) is 36.5 Å². The van der Waals surface area contributed by atoms with Crippen LogP contribution in [0.2, 0.25) is 0 Å². The summed E-state index contributed by atoms with van der Waals surface area (Å²) in [5.74, 6) is -0.161. The van der Waals surface area contributed by atoms with Crippen LogP contribution in [0.25, 0.3) is 11.3 Å². The smallest absolute Gasteiger partial charge is 0.221 e. The molecule has 7 nitrogen and oxygen atoms in total. The molecule has 0 radical (unpaired) electrons. The van der Waals surface area contributed by atoms with Crippen molar-refractivity contribution < 1.29 is 19.0 Å². The predicted molar refractivity (Wildman–Crippen MR) is 112 cm³/mol. The SMILES string of the molecule is CCOc1cc(C=NNc2nc(-c3ccc(F)cc3)c(NC(C)=O)s2)ccc1O. The average molecular weight is 414 g/mol. The quantitative estimate of drug-likeness (QED) is 0.392. The number of nitrogens with zero attached hydrogens (tertiary/aromatic N) is 2. The Labute approximate surface area is 170 Å². The number of hydrogen-bond donors (Lipinski definition) is 3. The largest absolute Gasteiger partial charge is 0.504 e. The number of nitrogens with one attached hydrogen (secondary N) is 2. The number of aromatic hydroxyl groups is 1. The van der Waals surface area contributed by atoms with Gasteiger partial charge in [0.05, 0.1) is 12.8 Å². The van der Waals surface area contributed by atoms with Crippen molar-refractivity contribution in [3.63, 3.8) is 0 Å². The highest BCUT2D eigenvalue weighted by molar-refractivity contribution is 7.20. The predicted octanol–water partition coefficient (Wildman–Crippen LogP) is 4.46. The summed E-state index contributed by atoms with van der Waals surface area (Å²) in [7, 11) is 0. The van der Waals surface area contributed by atoms with E-state index >= 15 is 0 Å². The molecule has 1 amide bonds. The number of phenolic OH excluding ortho intramolecular Hbond substituents is 1. The summed E-state index contributed by atoms with van der Waals surface area (Å²) >= 11 is 1.21. The van der Waals surface area contributed by atoms with Crippen LogP contribution in [-0.2, 0) is 4.79 Å². The number of hydrogen-bond acceptors (Lipinski definition) is 7. The highest BCUT2D eigenvalue weighted by atomic mass is 32.1. The lowest BCUT2D eigenvalue weighted by Gasteiger charge is -2.05. The van der Waals surface area contributed by atoms with E-state index in [1.807, 2.05) is 6.92 Å². The Balaban J connectivity index is 1.80. The first-order valence-corrected chi connectivity index (χ1v) is 9.57. The van der Waals surface area contributed by atoms with E-state index < -0.39 is 0 Å². The zero-order valence-corrected chi connectivity index (χ0v) is 16.6. The fraction of sp³-hybridized carbons (Fsp3) is 0.150. The summed E-state index contributed by atoms with van der Waals surface area (Å²) < 4.78 is 18.6. The molecule has 0 fully saturated rings. The van der Waals surface area contributed by atoms with Gasteiger partial charge in [0.1, 0.15) is 16.5 Å². The van der Waals surface area contributed by atoms with Gasteiger partial charge in [0, 0.05) is 12.5 Å². The Morgan fingerprint density at radius 2 is 2.07 bits per heavy atom. The van der Waals surface area contributed by atoms with Crippen molar-refractivity contribution in [2.75, 3.05) is 17.3 Å². The molecule has 29 heavy (non-hydrogen) atoms. The zero-order valence-electron chi connectivity index (χ0n) is 15.8. The van der Waals surface area contributed by atoms with Crippen LogP contribution in [0.3, 0.4) is 0 Å². The number of rotatable bonds is 7. The Morgan fingerprint density at radius 3 is 2.76 bits per heavy atom. The van der Waals surface area contributed by atoms with Gasteiger partial charge >= 0.3 is 0 Å². The maximum Gasteiger partial charge on any atom is 0.221 e. The van der Waals surface area contributed by atoms with Crippen LogP contribution >= 0.6 is 11.3 Å². The Kier molecular flexibility index (Phi) is 6.40. The van der Waals surface area contributed by atoms with Crippen LogP contribution in [0.5, 0.6) is 11.5 Å². The number of amides is 1. The van der Waals surface area contributed by atoms with Crippen LogP contribution in [-0.4, -0.2) is 28.8 Å². The van der Waals surface area contributed by atoms with E-state index in [0.29, 0.717) is 33.7 Å². The van der Waals surface area contributed by atoms with Crippen molar-refractivity contribution in [2.45, 2.75) is 13.8 Å². The summed E-state index contributed by atoms with van der Waals surface area (Å²) in [4.78, 5) is 15.9. The lowest BCUT2D eigenvalue weighted by Crippen LogP contribution is -2.05. The van der Waals surface area contributed by atoms with Gasteiger partial charge in [-0.3, -0.25) is 10.2 Å². The minimum Gasteiger partial charge on any atom is -0.504 e.